The van der Waals surface area contributed by atoms with E-state index in [9.17, 15) is 13.2 Å². The van der Waals surface area contributed by atoms with Crippen molar-refractivity contribution in [3.8, 4) is 23.0 Å². The van der Waals surface area contributed by atoms with Crippen molar-refractivity contribution < 1.29 is 31.6 Å². The van der Waals surface area contributed by atoms with E-state index < -0.39 is 10.1 Å². The van der Waals surface area contributed by atoms with Crippen molar-refractivity contribution in [2.24, 2.45) is 0 Å². The number of benzene rings is 2. The highest BCUT2D eigenvalue weighted by Crippen LogP contribution is 2.36. The van der Waals surface area contributed by atoms with E-state index >= 15 is 0 Å². The summed E-state index contributed by atoms with van der Waals surface area (Å²) in [7, 11) is -2.29. The zero-order chi connectivity index (χ0) is 19.6. The van der Waals surface area contributed by atoms with Crippen LogP contribution in [-0.4, -0.2) is 34.2 Å². The average molecular weight is 390 g/mol. The van der Waals surface area contributed by atoms with Crippen LogP contribution < -0.4 is 18.4 Å². The van der Waals surface area contributed by atoms with Crippen LogP contribution >= 0.6 is 0 Å². The second kappa shape index (κ2) is 7.32. The fraction of sp³-hybridized carbons (Fsp3) is 0.211. The third-order valence-corrected chi connectivity index (χ3v) is 4.16. The van der Waals surface area contributed by atoms with Crippen molar-refractivity contribution in [2.45, 2.75) is 6.92 Å². The number of fused-ring (bicyclic) bond motifs is 1. The van der Waals surface area contributed by atoms with Crippen molar-refractivity contribution in [1.82, 2.24) is 0 Å². The Kier molecular flexibility index (Phi) is 5.09. The van der Waals surface area contributed by atoms with Gasteiger partial charge in [0.25, 0.3) is 0 Å². The van der Waals surface area contributed by atoms with Crippen LogP contribution in [0.3, 0.4) is 0 Å². The zero-order valence-corrected chi connectivity index (χ0v) is 15.8. The Bertz CT molecular complexity index is 1020. The number of rotatable bonds is 6. The molecule has 0 bridgehead atoms. The highest BCUT2D eigenvalue weighted by Gasteiger charge is 2.27. The Hall–Kier alpha value is -3.00. The molecule has 0 N–H and O–H groups in total. The number of ether oxygens (including phenoxy) is 3. The lowest BCUT2D eigenvalue weighted by atomic mass is 10.1. The summed E-state index contributed by atoms with van der Waals surface area (Å²) in [6.07, 6.45) is 2.50. The second-order valence-corrected chi connectivity index (χ2v) is 7.30. The first-order chi connectivity index (χ1) is 12.8. The smallest absolute Gasteiger partial charge is 0.306 e. The quantitative estimate of drug-likeness (QED) is 0.553. The molecule has 1 heterocycles. The van der Waals surface area contributed by atoms with Crippen LogP contribution in [0.4, 0.5) is 0 Å². The molecule has 0 saturated carbocycles. The summed E-state index contributed by atoms with van der Waals surface area (Å²) in [6, 6.07) is 9.65. The number of carbonyl (C=O) groups excluding carboxylic acids is 1. The summed E-state index contributed by atoms with van der Waals surface area (Å²) in [5.41, 5.74) is 1.04. The van der Waals surface area contributed by atoms with Crippen molar-refractivity contribution in [2.75, 3.05) is 20.0 Å². The number of hydrogen-bond donors (Lipinski definition) is 0. The Labute approximate surface area is 157 Å². The molecule has 142 valence electrons. The molecular weight excluding hydrogens is 372 g/mol. The van der Waals surface area contributed by atoms with Crippen molar-refractivity contribution >= 4 is 22.0 Å². The molecule has 7 nitrogen and oxygen atoms in total. The van der Waals surface area contributed by atoms with Gasteiger partial charge in [0.2, 0.25) is 5.78 Å². The molecule has 0 unspecified atom stereocenters. The fourth-order valence-electron chi connectivity index (χ4n) is 2.58. The highest BCUT2D eigenvalue weighted by atomic mass is 32.2. The van der Waals surface area contributed by atoms with E-state index in [-0.39, 0.29) is 23.0 Å². The van der Waals surface area contributed by atoms with Gasteiger partial charge in [0.15, 0.2) is 17.3 Å². The normalized spacial score (nSPS) is 14.6. The molecule has 0 saturated heterocycles. The van der Waals surface area contributed by atoms with Gasteiger partial charge in [0, 0.05) is 6.07 Å². The van der Waals surface area contributed by atoms with Crippen molar-refractivity contribution in [3.05, 3.63) is 53.3 Å². The van der Waals surface area contributed by atoms with E-state index in [1.807, 2.05) is 6.92 Å². The molecule has 1 aliphatic heterocycles. The summed E-state index contributed by atoms with van der Waals surface area (Å²) in [5.74, 6) is 1.23. The zero-order valence-electron chi connectivity index (χ0n) is 15.0. The minimum atomic E-state index is -3.69. The van der Waals surface area contributed by atoms with Crippen LogP contribution in [0, 0.1) is 0 Å². The van der Waals surface area contributed by atoms with E-state index in [0.717, 1.165) is 6.26 Å². The molecule has 0 fully saturated rings. The van der Waals surface area contributed by atoms with Crippen LogP contribution in [0.2, 0.25) is 0 Å². The maximum Gasteiger partial charge on any atom is 0.306 e. The first-order valence-electron chi connectivity index (χ1n) is 8.09. The van der Waals surface area contributed by atoms with Crippen LogP contribution in [-0.2, 0) is 10.1 Å². The van der Waals surface area contributed by atoms with E-state index in [0.29, 0.717) is 29.2 Å². The Morgan fingerprint density at radius 3 is 2.56 bits per heavy atom. The molecule has 0 aliphatic carbocycles. The van der Waals surface area contributed by atoms with Crippen LogP contribution in [0.5, 0.6) is 23.0 Å². The van der Waals surface area contributed by atoms with E-state index in [1.165, 1.54) is 13.2 Å². The average Bonchev–Trinajstić information content (AvgIpc) is 2.90. The van der Waals surface area contributed by atoms with Gasteiger partial charge < -0.3 is 18.4 Å². The number of allylic oxidation sites excluding steroid dienone is 1. The molecule has 27 heavy (non-hydrogen) atoms. The minimum Gasteiger partial charge on any atom is -0.494 e. The fourth-order valence-corrected chi connectivity index (χ4v) is 3.04. The minimum absolute atomic E-state index is 0.0606. The van der Waals surface area contributed by atoms with E-state index in [4.69, 9.17) is 18.4 Å². The first kappa shape index (κ1) is 18.8. The van der Waals surface area contributed by atoms with Gasteiger partial charge in [-0.25, -0.2) is 0 Å². The van der Waals surface area contributed by atoms with E-state index in [1.54, 1.807) is 36.4 Å². The monoisotopic (exact) mass is 390 g/mol. The number of Topliss-reactive ketones (excluding diaryl/α,β-unsaturated/α-hetero) is 1. The molecule has 0 aromatic heterocycles. The molecule has 0 radical (unpaired) electrons. The topological polar surface area (TPSA) is 88.1 Å². The number of ketones is 1. The Morgan fingerprint density at radius 2 is 1.89 bits per heavy atom. The second-order valence-electron chi connectivity index (χ2n) is 5.73. The lowest BCUT2D eigenvalue weighted by Gasteiger charge is -2.09. The van der Waals surface area contributed by atoms with Gasteiger partial charge in [-0.15, -0.1) is 0 Å². The summed E-state index contributed by atoms with van der Waals surface area (Å²) in [6.45, 7) is 2.38. The molecule has 2 aromatic rings. The SMILES string of the molecule is CCOc1ccc2c(c1)OC(=Cc1ccc(OS(C)(=O)=O)c(OC)c1)C2=O. The molecule has 1 aliphatic rings. The maximum absolute atomic E-state index is 12.5. The summed E-state index contributed by atoms with van der Waals surface area (Å²) >= 11 is 0. The third-order valence-electron chi connectivity index (χ3n) is 3.68. The van der Waals surface area contributed by atoms with Crippen molar-refractivity contribution in [1.29, 1.82) is 0 Å². The van der Waals surface area contributed by atoms with Gasteiger partial charge in [-0.3, -0.25) is 4.79 Å². The largest absolute Gasteiger partial charge is 0.494 e. The van der Waals surface area contributed by atoms with Gasteiger partial charge in [-0.1, -0.05) is 6.07 Å². The van der Waals surface area contributed by atoms with Gasteiger partial charge in [0.05, 0.1) is 25.5 Å². The standard InChI is InChI=1S/C19H18O7S/c1-4-24-13-6-7-14-16(11-13)25-18(19(14)20)10-12-5-8-15(17(9-12)23-2)26-27(3,21)22/h5-11H,4H2,1-3H3. The predicted octanol–water partition coefficient (Wildman–Crippen LogP) is 3.05. The summed E-state index contributed by atoms with van der Waals surface area (Å²) < 4.78 is 43.7. The van der Waals surface area contributed by atoms with Crippen LogP contribution in [0.1, 0.15) is 22.8 Å². The predicted molar refractivity (Wildman–Crippen MR) is 99.0 cm³/mol. The third kappa shape index (κ3) is 4.22. The number of carbonyl (C=O) groups is 1. The van der Waals surface area contributed by atoms with Gasteiger partial charge >= 0.3 is 10.1 Å². The molecular formula is C19H18O7S. The van der Waals surface area contributed by atoms with Gasteiger partial charge in [0.1, 0.15) is 11.5 Å². The summed E-state index contributed by atoms with van der Waals surface area (Å²) in [4.78, 5) is 12.5. The molecule has 2 aromatic carbocycles. The molecule has 0 amide bonds. The molecule has 3 rings (SSSR count). The number of hydrogen-bond acceptors (Lipinski definition) is 7. The van der Waals surface area contributed by atoms with Gasteiger partial charge in [-0.2, -0.15) is 8.42 Å². The summed E-state index contributed by atoms with van der Waals surface area (Å²) in [5, 5.41) is 0. The maximum atomic E-state index is 12.5. The molecule has 0 spiro atoms. The first-order valence-corrected chi connectivity index (χ1v) is 9.91. The molecule has 0 atom stereocenters. The lowest BCUT2D eigenvalue weighted by molar-refractivity contribution is 0.101. The molecule has 8 heteroatoms. The lowest BCUT2D eigenvalue weighted by Crippen LogP contribution is -2.07. The van der Waals surface area contributed by atoms with Crippen LogP contribution in [0.15, 0.2) is 42.2 Å². The highest BCUT2D eigenvalue weighted by molar-refractivity contribution is 7.86. The Balaban J connectivity index is 1.90. The van der Waals surface area contributed by atoms with Crippen molar-refractivity contribution in [3.63, 3.8) is 0 Å². The van der Waals surface area contributed by atoms with E-state index in [2.05, 4.69) is 0 Å². The van der Waals surface area contributed by atoms with Gasteiger partial charge in [-0.05, 0) is 42.8 Å². The number of methoxy groups -OCH3 is 1. The van der Waals surface area contributed by atoms with Crippen LogP contribution in [0.25, 0.3) is 6.08 Å². The Morgan fingerprint density at radius 1 is 1.11 bits per heavy atom.